The van der Waals surface area contributed by atoms with Gasteiger partial charge in [-0.15, -0.1) is 0 Å². The van der Waals surface area contributed by atoms with Crippen molar-refractivity contribution in [1.29, 1.82) is 0 Å². The summed E-state index contributed by atoms with van der Waals surface area (Å²) in [6, 6.07) is 18.2. The monoisotopic (exact) mass is 368 g/mol. The summed E-state index contributed by atoms with van der Waals surface area (Å²) in [7, 11) is 0. The first-order chi connectivity index (χ1) is 13.9. The molecule has 0 aliphatic carbocycles. The molecule has 0 radical (unpaired) electrons. The number of hydrogen-bond acceptors (Lipinski definition) is 4. The zero-order chi connectivity index (χ0) is 18.8. The fraction of sp³-hybridized carbons (Fsp3) is 0.174. The van der Waals surface area contributed by atoms with Gasteiger partial charge in [0.05, 0.1) is 5.69 Å². The highest BCUT2D eigenvalue weighted by Crippen LogP contribution is 2.37. The van der Waals surface area contributed by atoms with Crippen LogP contribution < -0.4 is 4.74 Å². The zero-order valence-electron chi connectivity index (χ0n) is 15.5. The van der Waals surface area contributed by atoms with Crippen molar-refractivity contribution in [1.82, 2.24) is 19.7 Å². The van der Waals surface area contributed by atoms with Crippen LogP contribution in [-0.2, 0) is 19.6 Å². The summed E-state index contributed by atoms with van der Waals surface area (Å²) in [6.07, 6.45) is 7.63. The standard InChI is InChI=1S/C23H20N4O/c1-2-12-25-19(4-1)16-28-20-8-6-17(7-9-20)22-21-5-3-15-27(21)26-23(22)18-10-13-24-14-11-18/h1-2,4,6-14H,3,5,15-16H2. The molecule has 138 valence electrons. The average Bonchev–Trinajstić information content (AvgIpc) is 3.35. The first-order valence-electron chi connectivity index (χ1n) is 9.52. The fourth-order valence-corrected chi connectivity index (χ4v) is 3.71. The normalized spacial score (nSPS) is 12.7. The Morgan fingerprint density at radius 1 is 0.893 bits per heavy atom. The molecule has 4 aromatic rings. The van der Waals surface area contributed by atoms with Crippen LogP contribution in [0.15, 0.2) is 73.2 Å². The molecule has 3 aromatic heterocycles. The second-order valence-corrected chi connectivity index (χ2v) is 6.87. The van der Waals surface area contributed by atoms with Crippen LogP contribution in [-0.4, -0.2) is 19.7 Å². The van der Waals surface area contributed by atoms with Crippen molar-refractivity contribution in [3.8, 4) is 28.1 Å². The summed E-state index contributed by atoms with van der Waals surface area (Å²) in [4.78, 5) is 8.43. The highest BCUT2D eigenvalue weighted by molar-refractivity contribution is 5.83. The Morgan fingerprint density at radius 3 is 2.54 bits per heavy atom. The van der Waals surface area contributed by atoms with Crippen molar-refractivity contribution in [2.45, 2.75) is 26.0 Å². The van der Waals surface area contributed by atoms with Crippen molar-refractivity contribution in [2.24, 2.45) is 0 Å². The van der Waals surface area contributed by atoms with Gasteiger partial charge >= 0.3 is 0 Å². The minimum absolute atomic E-state index is 0.464. The molecule has 4 heterocycles. The average molecular weight is 368 g/mol. The number of nitrogens with zero attached hydrogens (tertiary/aromatic N) is 4. The Kier molecular flexibility index (Phi) is 4.33. The van der Waals surface area contributed by atoms with E-state index in [2.05, 4.69) is 26.8 Å². The van der Waals surface area contributed by atoms with Gasteiger partial charge in [0.1, 0.15) is 18.1 Å². The van der Waals surface area contributed by atoms with Gasteiger partial charge in [0, 0.05) is 42.0 Å². The van der Waals surface area contributed by atoms with Crippen LogP contribution in [0, 0.1) is 0 Å². The van der Waals surface area contributed by atoms with Crippen molar-refractivity contribution in [3.63, 3.8) is 0 Å². The lowest BCUT2D eigenvalue weighted by atomic mass is 9.98. The van der Waals surface area contributed by atoms with Gasteiger partial charge in [0.25, 0.3) is 0 Å². The maximum atomic E-state index is 5.88. The van der Waals surface area contributed by atoms with Crippen molar-refractivity contribution in [2.75, 3.05) is 0 Å². The van der Waals surface area contributed by atoms with E-state index in [1.165, 1.54) is 16.8 Å². The van der Waals surface area contributed by atoms with Crippen LogP contribution in [0.4, 0.5) is 0 Å². The van der Waals surface area contributed by atoms with E-state index in [1.54, 1.807) is 6.20 Å². The van der Waals surface area contributed by atoms with Gasteiger partial charge in [-0.25, -0.2) is 0 Å². The molecule has 0 N–H and O–H groups in total. The fourth-order valence-electron chi connectivity index (χ4n) is 3.71. The van der Waals surface area contributed by atoms with Crippen molar-refractivity contribution >= 4 is 0 Å². The lowest BCUT2D eigenvalue weighted by Crippen LogP contribution is -1.97. The third kappa shape index (κ3) is 3.16. The summed E-state index contributed by atoms with van der Waals surface area (Å²) in [5.74, 6) is 0.837. The number of ether oxygens (including phenoxy) is 1. The molecule has 0 bridgehead atoms. The Balaban J connectivity index is 1.45. The van der Waals surface area contributed by atoms with E-state index in [0.29, 0.717) is 6.61 Å². The zero-order valence-corrected chi connectivity index (χ0v) is 15.5. The number of aromatic nitrogens is 4. The molecule has 0 amide bonds. The minimum Gasteiger partial charge on any atom is -0.487 e. The molecular formula is C23H20N4O. The lowest BCUT2D eigenvalue weighted by molar-refractivity contribution is 0.301. The van der Waals surface area contributed by atoms with Crippen LogP contribution in [0.5, 0.6) is 5.75 Å². The van der Waals surface area contributed by atoms with Gasteiger partial charge in [-0.3, -0.25) is 14.6 Å². The number of aryl methyl sites for hydroxylation is 1. The minimum atomic E-state index is 0.464. The summed E-state index contributed by atoms with van der Waals surface area (Å²) >= 11 is 0. The summed E-state index contributed by atoms with van der Waals surface area (Å²) in [5.41, 5.74) is 6.75. The van der Waals surface area contributed by atoms with Crippen LogP contribution in [0.2, 0.25) is 0 Å². The van der Waals surface area contributed by atoms with Gasteiger partial charge < -0.3 is 4.74 Å². The molecule has 1 aliphatic heterocycles. The smallest absolute Gasteiger partial charge is 0.130 e. The highest BCUT2D eigenvalue weighted by atomic mass is 16.5. The molecule has 1 aromatic carbocycles. The molecule has 0 fully saturated rings. The van der Waals surface area contributed by atoms with Crippen LogP contribution >= 0.6 is 0 Å². The molecular weight excluding hydrogens is 348 g/mol. The summed E-state index contributed by atoms with van der Waals surface area (Å²) in [6.45, 7) is 1.45. The Labute approximate surface area is 163 Å². The van der Waals surface area contributed by atoms with E-state index in [9.17, 15) is 0 Å². The van der Waals surface area contributed by atoms with E-state index in [1.807, 2.05) is 54.9 Å². The van der Waals surface area contributed by atoms with Crippen molar-refractivity contribution in [3.05, 3.63) is 84.6 Å². The second kappa shape index (κ2) is 7.27. The third-order valence-corrected chi connectivity index (χ3v) is 5.05. The van der Waals surface area contributed by atoms with Gasteiger partial charge in [-0.05, 0) is 54.8 Å². The van der Waals surface area contributed by atoms with Crippen molar-refractivity contribution < 1.29 is 4.74 Å². The number of pyridine rings is 2. The molecule has 0 saturated heterocycles. The summed E-state index contributed by atoms with van der Waals surface area (Å²) in [5, 5.41) is 4.89. The SMILES string of the molecule is c1ccc(COc2ccc(-c3c(-c4ccncc4)nn4c3CCC4)cc2)nc1. The molecule has 1 aliphatic rings. The highest BCUT2D eigenvalue weighted by Gasteiger charge is 2.23. The first kappa shape index (κ1) is 16.7. The molecule has 0 atom stereocenters. The number of hydrogen-bond donors (Lipinski definition) is 0. The summed E-state index contributed by atoms with van der Waals surface area (Å²) < 4.78 is 8.03. The molecule has 5 heteroatoms. The van der Waals surface area contributed by atoms with Crippen LogP contribution in [0.1, 0.15) is 17.8 Å². The maximum Gasteiger partial charge on any atom is 0.130 e. The Morgan fingerprint density at radius 2 is 1.75 bits per heavy atom. The largest absolute Gasteiger partial charge is 0.487 e. The number of rotatable bonds is 5. The Hall–Kier alpha value is -3.47. The van der Waals surface area contributed by atoms with Gasteiger partial charge in [-0.2, -0.15) is 5.10 Å². The van der Waals surface area contributed by atoms with Crippen LogP contribution in [0.3, 0.4) is 0 Å². The molecule has 0 spiro atoms. The third-order valence-electron chi connectivity index (χ3n) is 5.05. The lowest BCUT2D eigenvalue weighted by Gasteiger charge is -2.09. The molecule has 0 unspecified atom stereocenters. The second-order valence-electron chi connectivity index (χ2n) is 6.87. The predicted octanol–water partition coefficient (Wildman–Crippen LogP) is 4.53. The van der Waals surface area contributed by atoms with E-state index < -0.39 is 0 Å². The number of fused-ring (bicyclic) bond motifs is 1. The molecule has 5 nitrogen and oxygen atoms in total. The van der Waals surface area contributed by atoms with E-state index >= 15 is 0 Å². The van der Waals surface area contributed by atoms with Gasteiger partial charge in [0.2, 0.25) is 0 Å². The Bertz CT molecular complexity index is 1070. The molecule has 5 rings (SSSR count). The van der Waals surface area contributed by atoms with E-state index in [4.69, 9.17) is 9.84 Å². The topological polar surface area (TPSA) is 52.8 Å². The van der Waals surface area contributed by atoms with Crippen LogP contribution in [0.25, 0.3) is 22.4 Å². The first-order valence-corrected chi connectivity index (χ1v) is 9.52. The van der Waals surface area contributed by atoms with Gasteiger partial charge in [-0.1, -0.05) is 18.2 Å². The maximum absolute atomic E-state index is 5.88. The molecule has 0 saturated carbocycles. The van der Waals surface area contributed by atoms with E-state index in [-0.39, 0.29) is 0 Å². The molecule has 28 heavy (non-hydrogen) atoms. The number of benzene rings is 1. The quantitative estimate of drug-likeness (QED) is 0.519. The van der Waals surface area contributed by atoms with Gasteiger partial charge in [0.15, 0.2) is 0 Å². The van der Waals surface area contributed by atoms with E-state index in [0.717, 1.165) is 42.1 Å². The predicted molar refractivity (Wildman–Crippen MR) is 108 cm³/mol.